The Morgan fingerprint density at radius 1 is 1.24 bits per heavy atom. The molecule has 0 aliphatic heterocycles. The number of nitrogens with zero attached hydrogens (tertiary/aromatic N) is 3. The van der Waals surface area contributed by atoms with Gasteiger partial charge in [0.1, 0.15) is 0 Å². The molecule has 1 unspecified atom stereocenters. The van der Waals surface area contributed by atoms with Crippen LogP contribution in [0.2, 0.25) is 0 Å². The molecular weight excluding hydrogens is 445 g/mol. The second kappa shape index (κ2) is 13.7. The van der Waals surface area contributed by atoms with Crippen molar-refractivity contribution < 1.29 is 0 Å². The van der Waals surface area contributed by atoms with Crippen molar-refractivity contribution >= 4 is 41.3 Å². The van der Waals surface area contributed by atoms with Crippen LogP contribution < -0.4 is 10.6 Å². The molecule has 1 atom stereocenters. The lowest BCUT2D eigenvalue weighted by Gasteiger charge is -2.21. The van der Waals surface area contributed by atoms with Gasteiger partial charge in [0.25, 0.3) is 0 Å². The third-order valence-electron chi connectivity index (χ3n) is 4.11. The van der Waals surface area contributed by atoms with Crippen molar-refractivity contribution in [2.75, 3.05) is 26.2 Å². The zero-order valence-electron chi connectivity index (χ0n) is 16.7. The normalized spacial score (nSPS) is 12.8. The molecule has 0 amide bonds. The molecule has 1 rings (SSSR count). The molecule has 7 heteroatoms. The molecule has 0 spiro atoms. The van der Waals surface area contributed by atoms with Crippen LogP contribution in [0.15, 0.2) is 4.99 Å². The summed E-state index contributed by atoms with van der Waals surface area (Å²) in [6.07, 6.45) is 2.36. The summed E-state index contributed by atoms with van der Waals surface area (Å²) in [5.41, 5.74) is 1.10. The fourth-order valence-electron chi connectivity index (χ4n) is 2.66. The maximum atomic E-state index is 4.73. The van der Waals surface area contributed by atoms with Gasteiger partial charge in [0.05, 0.1) is 17.2 Å². The predicted molar refractivity (Wildman–Crippen MR) is 121 cm³/mol. The highest BCUT2D eigenvalue weighted by molar-refractivity contribution is 14.0. The maximum absolute atomic E-state index is 4.73. The quantitative estimate of drug-likeness (QED) is 0.302. The van der Waals surface area contributed by atoms with Crippen LogP contribution in [0.3, 0.4) is 0 Å². The lowest BCUT2D eigenvalue weighted by Crippen LogP contribution is -2.42. The van der Waals surface area contributed by atoms with E-state index in [9.17, 15) is 0 Å². The van der Waals surface area contributed by atoms with Crippen molar-refractivity contribution in [3.8, 4) is 0 Å². The molecular formula is C18H36IN5S. The minimum Gasteiger partial charge on any atom is -0.357 e. The van der Waals surface area contributed by atoms with Gasteiger partial charge in [-0.15, -0.1) is 35.3 Å². The summed E-state index contributed by atoms with van der Waals surface area (Å²) in [6.45, 7) is 17.9. The van der Waals surface area contributed by atoms with E-state index >= 15 is 0 Å². The van der Waals surface area contributed by atoms with Gasteiger partial charge in [-0.2, -0.15) is 0 Å². The number of aliphatic imine (C=N–C) groups is 1. The number of hydrogen-bond donors (Lipinski definition) is 2. The first-order chi connectivity index (χ1) is 11.5. The number of halogens is 1. The zero-order valence-corrected chi connectivity index (χ0v) is 19.8. The van der Waals surface area contributed by atoms with Gasteiger partial charge in [0.15, 0.2) is 5.96 Å². The van der Waals surface area contributed by atoms with E-state index in [-0.39, 0.29) is 24.0 Å². The first-order valence-electron chi connectivity index (χ1n) is 9.20. The largest absolute Gasteiger partial charge is 0.357 e. The van der Waals surface area contributed by atoms with Crippen molar-refractivity contribution in [1.29, 1.82) is 0 Å². The van der Waals surface area contributed by atoms with Gasteiger partial charge in [-0.3, -0.25) is 0 Å². The van der Waals surface area contributed by atoms with Gasteiger partial charge < -0.3 is 15.5 Å². The Labute approximate surface area is 175 Å². The summed E-state index contributed by atoms with van der Waals surface area (Å²) < 4.78 is 0. The number of nitrogens with one attached hydrogen (secondary N) is 2. The molecule has 0 bridgehead atoms. The smallest absolute Gasteiger partial charge is 0.191 e. The first-order valence-corrected chi connectivity index (χ1v) is 10.0. The molecule has 0 saturated carbocycles. The highest BCUT2D eigenvalue weighted by Gasteiger charge is 2.08. The first kappa shape index (κ1) is 24.6. The minimum atomic E-state index is 0. The molecule has 0 radical (unpaired) electrons. The molecule has 0 aliphatic carbocycles. The van der Waals surface area contributed by atoms with E-state index in [1.165, 1.54) is 17.8 Å². The Hall–Kier alpha value is -0.410. The lowest BCUT2D eigenvalue weighted by atomic mass is 10.2. The minimum absolute atomic E-state index is 0. The van der Waals surface area contributed by atoms with E-state index in [1.54, 1.807) is 11.3 Å². The van der Waals surface area contributed by atoms with Gasteiger partial charge >= 0.3 is 0 Å². The van der Waals surface area contributed by atoms with Crippen LogP contribution in [0.1, 0.15) is 56.1 Å². The fraction of sp³-hybridized carbons (Fsp3) is 0.778. The topological polar surface area (TPSA) is 52.6 Å². The number of hydrogen-bond acceptors (Lipinski definition) is 4. The van der Waals surface area contributed by atoms with Crippen molar-refractivity contribution in [3.63, 3.8) is 0 Å². The fourth-order valence-corrected chi connectivity index (χ4v) is 3.52. The van der Waals surface area contributed by atoms with E-state index in [1.807, 2.05) is 6.92 Å². The summed E-state index contributed by atoms with van der Waals surface area (Å²) >= 11 is 1.74. The summed E-state index contributed by atoms with van der Waals surface area (Å²) in [6, 6.07) is 0.419. The Balaban J connectivity index is 0.00000576. The standard InChI is InChI=1S/C18H35N5S.HI/c1-7-19-18(20-13-17-15(5)22-16(6)24-17)21-14(4)11-10-12-23(8-2)9-3;/h14H,7-13H2,1-6H3,(H2,19,20,21);1H. The molecule has 1 aromatic heterocycles. The summed E-state index contributed by atoms with van der Waals surface area (Å²) in [4.78, 5) is 12.9. The third kappa shape index (κ3) is 9.75. The van der Waals surface area contributed by atoms with Crippen LogP contribution in [0, 0.1) is 13.8 Å². The lowest BCUT2D eigenvalue weighted by molar-refractivity contribution is 0.292. The van der Waals surface area contributed by atoms with Gasteiger partial charge in [0, 0.05) is 17.5 Å². The van der Waals surface area contributed by atoms with E-state index < -0.39 is 0 Å². The molecule has 1 aromatic rings. The highest BCUT2D eigenvalue weighted by Crippen LogP contribution is 2.17. The van der Waals surface area contributed by atoms with Gasteiger partial charge in [0.2, 0.25) is 0 Å². The SMILES string of the molecule is CCNC(=NCc1sc(C)nc1C)NC(C)CCCN(CC)CC.I. The summed E-state index contributed by atoms with van der Waals surface area (Å²) in [5.74, 6) is 0.901. The van der Waals surface area contributed by atoms with Crippen molar-refractivity contribution in [2.45, 2.75) is 67.0 Å². The zero-order chi connectivity index (χ0) is 17.9. The second-order valence-corrected chi connectivity index (χ2v) is 7.44. The van der Waals surface area contributed by atoms with Crippen LogP contribution in [0.5, 0.6) is 0 Å². The Bertz CT molecular complexity index is 500. The van der Waals surface area contributed by atoms with E-state index in [0.29, 0.717) is 12.6 Å². The molecule has 0 aliphatic rings. The van der Waals surface area contributed by atoms with E-state index in [4.69, 9.17) is 4.99 Å². The molecule has 2 N–H and O–H groups in total. The van der Waals surface area contributed by atoms with Crippen LogP contribution >= 0.6 is 35.3 Å². The number of guanidine groups is 1. The van der Waals surface area contributed by atoms with Crippen LogP contribution in [0.4, 0.5) is 0 Å². The number of thiazole rings is 1. The number of aryl methyl sites for hydroxylation is 2. The van der Waals surface area contributed by atoms with Crippen LogP contribution in [0.25, 0.3) is 0 Å². The Morgan fingerprint density at radius 3 is 2.44 bits per heavy atom. The molecule has 1 heterocycles. The van der Waals surface area contributed by atoms with Gasteiger partial charge in [-0.05, 0) is 60.2 Å². The van der Waals surface area contributed by atoms with Crippen molar-refractivity contribution in [2.24, 2.45) is 4.99 Å². The average molecular weight is 481 g/mol. The molecule has 0 fully saturated rings. The highest BCUT2D eigenvalue weighted by atomic mass is 127. The monoisotopic (exact) mass is 481 g/mol. The second-order valence-electron chi connectivity index (χ2n) is 6.15. The average Bonchev–Trinajstić information content (AvgIpc) is 2.87. The Kier molecular flexibility index (Phi) is 13.5. The predicted octanol–water partition coefficient (Wildman–Crippen LogP) is 3.94. The molecule has 5 nitrogen and oxygen atoms in total. The van der Waals surface area contributed by atoms with Crippen LogP contribution in [-0.2, 0) is 6.54 Å². The van der Waals surface area contributed by atoms with E-state index in [2.05, 4.69) is 55.1 Å². The van der Waals surface area contributed by atoms with Crippen LogP contribution in [-0.4, -0.2) is 48.1 Å². The number of rotatable bonds is 10. The molecule has 0 aromatic carbocycles. The summed E-state index contributed by atoms with van der Waals surface area (Å²) in [7, 11) is 0. The van der Waals surface area contributed by atoms with Gasteiger partial charge in [-0.1, -0.05) is 13.8 Å². The summed E-state index contributed by atoms with van der Waals surface area (Å²) in [5, 5.41) is 7.98. The van der Waals surface area contributed by atoms with Crippen molar-refractivity contribution in [3.05, 3.63) is 15.6 Å². The molecule has 25 heavy (non-hydrogen) atoms. The van der Waals surface area contributed by atoms with E-state index in [0.717, 1.165) is 42.7 Å². The molecule has 0 saturated heterocycles. The van der Waals surface area contributed by atoms with Gasteiger partial charge in [-0.25, -0.2) is 9.98 Å². The van der Waals surface area contributed by atoms with Crippen molar-refractivity contribution in [1.82, 2.24) is 20.5 Å². The Morgan fingerprint density at radius 2 is 1.92 bits per heavy atom. The number of aromatic nitrogens is 1. The maximum Gasteiger partial charge on any atom is 0.191 e. The third-order valence-corrected chi connectivity index (χ3v) is 5.17. The molecule has 146 valence electrons.